The van der Waals surface area contributed by atoms with E-state index in [1.165, 1.54) is 0 Å². The van der Waals surface area contributed by atoms with E-state index >= 15 is 0 Å². The summed E-state index contributed by atoms with van der Waals surface area (Å²) in [5, 5.41) is 3.62. The van der Waals surface area contributed by atoms with E-state index < -0.39 is 0 Å². The van der Waals surface area contributed by atoms with Crippen LogP contribution < -0.4 is 10.2 Å². The van der Waals surface area contributed by atoms with Gasteiger partial charge in [0, 0.05) is 36.3 Å². The lowest BCUT2D eigenvalue weighted by Crippen LogP contribution is -2.25. The van der Waals surface area contributed by atoms with Crippen molar-refractivity contribution in [3.63, 3.8) is 0 Å². The van der Waals surface area contributed by atoms with Gasteiger partial charge in [0.2, 0.25) is 11.8 Å². The molecule has 0 aliphatic carbocycles. The van der Waals surface area contributed by atoms with Gasteiger partial charge in [0.05, 0.1) is 0 Å². The molecule has 0 radical (unpaired) electrons. The first-order chi connectivity index (χ1) is 11.5. The third-order valence-electron chi connectivity index (χ3n) is 4.19. The summed E-state index contributed by atoms with van der Waals surface area (Å²) in [6, 6.07) is 13.2. The number of rotatable bonds is 4. The molecule has 1 heterocycles. The molecule has 24 heavy (non-hydrogen) atoms. The van der Waals surface area contributed by atoms with Crippen LogP contribution in [0.5, 0.6) is 0 Å². The highest BCUT2D eigenvalue weighted by atomic mass is 35.5. The van der Waals surface area contributed by atoms with Crippen LogP contribution in [-0.2, 0) is 22.4 Å². The molecule has 4 nitrogen and oxygen atoms in total. The first-order valence-corrected chi connectivity index (χ1v) is 8.36. The molecular formula is C19H19ClN2O2. The third kappa shape index (κ3) is 3.77. The number of hydrogen-bond donors (Lipinski definition) is 1. The van der Waals surface area contributed by atoms with Crippen LogP contribution in [0, 0.1) is 0 Å². The highest BCUT2D eigenvalue weighted by molar-refractivity contribution is 6.30. The molecule has 1 aliphatic heterocycles. The number of halogens is 1. The van der Waals surface area contributed by atoms with Crippen molar-refractivity contribution in [2.45, 2.75) is 26.2 Å². The predicted octanol–water partition coefficient (Wildman–Crippen LogP) is 3.82. The molecule has 0 atom stereocenters. The Morgan fingerprint density at radius 1 is 1.17 bits per heavy atom. The van der Waals surface area contributed by atoms with Crippen molar-refractivity contribution in [1.29, 1.82) is 0 Å². The summed E-state index contributed by atoms with van der Waals surface area (Å²) in [6.45, 7) is 2.28. The van der Waals surface area contributed by atoms with Gasteiger partial charge in [0.1, 0.15) is 0 Å². The lowest BCUT2D eigenvalue weighted by atomic mass is 10.1. The molecule has 0 saturated carbocycles. The number of anilines is 2. The Morgan fingerprint density at radius 2 is 1.92 bits per heavy atom. The lowest BCUT2D eigenvalue weighted by Gasteiger charge is -2.15. The third-order valence-corrected chi connectivity index (χ3v) is 4.44. The number of carbonyl (C=O) groups is 2. The number of fused-ring (bicyclic) bond motifs is 1. The Hall–Kier alpha value is -2.33. The number of nitrogens with zero attached hydrogens (tertiary/aromatic N) is 1. The molecule has 2 amide bonds. The minimum absolute atomic E-state index is 0.0219. The van der Waals surface area contributed by atoms with E-state index in [-0.39, 0.29) is 11.8 Å². The molecule has 0 bridgehead atoms. The summed E-state index contributed by atoms with van der Waals surface area (Å²) in [7, 11) is 0. The van der Waals surface area contributed by atoms with Gasteiger partial charge in [0.25, 0.3) is 0 Å². The van der Waals surface area contributed by atoms with Crippen LogP contribution in [0.15, 0.2) is 42.5 Å². The maximum absolute atomic E-state index is 12.1. The van der Waals surface area contributed by atoms with Crippen molar-refractivity contribution >= 4 is 34.8 Å². The van der Waals surface area contributed by atoms with Gasteiger partial charge in [-0.25, -0.2) is 0 Å². The van der Waals surface area contributed by atoms with Crippen LogP contribution >= 0.6 is 11.6 Å². The van der Waals surface area contributed by atoms with Gasteiger partial charge in [-0.2, -0.15) is 0 Å². The molecule has 3 rings (SSSR count). The van der Waals surface area contributed by atoms with Crippen molar-refractivity contribution < 1.29 is 9.59 Å². The molecule has 124 valence electrons. The van der Waals surface area contributed by atoms with Crippen molar-refractivity contribution in [2.24, 2.45) is 0 Å². The van der Waals surface area contributed by atoms with Gasteiger partial charge in [-0.3, -0.25) is 9.59 Å². The largest absolute Gasteiger partial charge is 0.326 e. The highest BCUT2D eigenvalue weighted by Gasteiger charge is 2.22. The molecule has 0 unspecified atom stereocenters. The fraction of sp³-hybridized carbons (Fsp3) is 0.263. The average Bonchev–Trinajstić information content (AvgIpc) is 2.97. The SMILES string of the molecule is CC(=O)N1CCc2cc(NC(=O)CCc3ccc(Cl)cc3)ccc21. The second-order valence-electron chi connectivity index (χ2n) is 5.94. The molecule has 0 fully saturated rings. The normalized spacial score (nSPS) is 12.8. The number of carbonyl (C=O) groups excluding carboxylic acids is 2. The van der Waals surface area contributed by atoms with Gasteiger partial charge in [-0.05, 0) is 54.3 Å². The number of benzene rings is 2. The van der Waals surface area contributed by atoms with Gasteiger partial charge < -0.3 is 10.2 Å². The molecular weight excluding hydrogens is 324 g/mol. The van der Waals surface area contributed by atoms with Crippen molar-refractivity contribution in [3.05, 3.63) is 58.6 Å². The molecule has 1 N–H and O–H groups in total. The molecule has 2 aromatic carbocycles. The van der Waals surface area contributed by atoms with E-state index in [9.17, 15) is 9.59 Å². The fourth-order valence-corrected chi connectivity index (χ4v) is 3.07. The van der Waals surface area contributed by atoms with E-state index in [2.05, 4.69) is 5.32 Å². The van der Waals surface area contributed by atoms with Crippen LogP contribution in [0.1, 0.15) is 24.5 Å². The quantitative estimate of drug-likeness (QED) is 0.918. The minimum Gasteiger partial charge on any atom is -0.326 e. The summed E-state index contributed by atoms with van der Waals surface area (Å²) in [4.78, 5) is 25.4. The van der Waals surface area contributed by atoms with Crippen LogP contribution in [0.3, 0.4) is 0 Å². The van der Waals surface area contributed by atoms with E-state index in [4.69, 9.17) is 11.6 Å². The van der Waals surface area contributed by atoms with Gasteiger partial charge >= 0.3 is 0 Å². The number of aryl methyl sites for hydroxylation is 1. The first-order valence-electron chi connectivity index (χ1n) is 7.98. The Morgan fingerprint density at radius 3 is 2.62 bits per heavy atom. The van der Waals surface area contributed by atoms with E-state index in [1.807, 2.05) is 42.5 Å². The van der Waals surface area contributed by atoms with Crippen molar-refractivity contribution in [1.82, 2.24) is 0 Å². The standard InChI is InChI=1S/C19H19ClN2O2/c1-13(23)22-11-10-15-12-17(7-8-18(15)22)21-19(24)9-4-14-2-5-16(20)6-3-14/h2-3,5-8,12H,4,9-11H2,1H3,(H,21,24). The topological polar surface area (TPSA) is 49.4 Å². The van der Waals surface area contributed by atoms with Crippen LogP contribution in [0.25, 0.3) is 0 Å². The summed E-state index contributed by atoms with van der Waals surface area (Å²) in [6.07, 6.45) is 1.91. The molecule has 0 aromatic heterocycles. The maximum Gasteiger partial charge on any atom is 0.224 e. The summed E-state index contributed by atoms with van der Waals surface area (Å²) >= 11 is 5.85. The lowest BCUT2D eigenvalue weighted by molar-refractivity contribution is -0.117. The van der Waals surface area contributed by atoms with E-state index in [0.717, 1.165) is 28.9 Å². The molecule has 5 heteroatoms. The second-order valence-corrected chi connectivity index (χ2v) is 6.38. The van der Waals surface area contributed by atoms with Gasteiger partial charge in [-0.1, -0.05) is 23.7 Å². The monoisotopic (exact) mass is 342 g/mol. The smallest absolute Gasteiger partial charge is 0.224 e. The van der Waals surface area contributed by atoms with Crippen LogP contribution in [0.4, 0.5) is 11.4 Å². The Labute approximate surface area is 146 Å². The Bertz CT molecular complexity index is 771. The maximum atomic E-state index is 12.1. The summed E-state index contributed by atoms with van der Waals surface area (Å²) in [5.74, 6) is 0.0276. The zero-order valence-corrected chi connectivity index (χ0v) is 14.3. The molecule has 0 spiro atoms. The Balaban J connectivity index is 1.59. The van der Waals surface area contributed by atoms with Crippen molar-refractivity contribution in [2.75, 3.05) is 16.8 Å². The zero-order valence-electron chi connectivity index (χ0n) is 13.5. The van der Waals surface area contributed by atoms with Crippen LogP contribution in [-0.4, -0.2) is 18.4 Å². The summed E-state index contributed by atoms with van der Waals surface area (Å²) < 4.78 is 0. The number of hydrogen-bond acceptors (Lipinski definition) is 2. The van der Waals surface area contributed by atoms with Gasteiger partial charge in [-0.15, -0.1) is 0 Å². The second kappa shape index (κ2) is 7.05. The van der Waals surface area contributed by atoms with Crippen LogP contribution in [0.2, 0.25) is 5.02 Å². The highest BCUT2D eigenvalue weighted by Crippen LogP contribution is 2.30. The fourth-order valence-electron chi connectivity index (χ4n) is 2.94. The molecule has 2 aromatic rings. The Kier molecular flexibility index (Phi) is 4.86. The first kappa shape index (κ1) is 16.5. The van der Waals surface area contributed by atoms with Crippen molar-refractivity contribution in [3.8, 4) is 0 Å². The average molecular weight is 343 g/mol. The molecule has 1 aliphatic rings. The number of nitrogens with one attached hydrogen (secondary N) is 1. The zero-order chi connectivity index (χ0) is 17.1. The van der Waals surface area contributed by atoms with Gasteiger partial charge in [0.15, 0.2) is 0 Å². The number of amides is 2. The van der Waals surface area contributed by atoms with E-state index in [1.54, 1.807) is 11.8 Å². The molecule has 0 saturated heterocycles. The summed E-state index contributed by atoms with van der Waals surface area (Å²) in [5.41, 5.74) is 3.91. The minimum atomic E-state index is -0.0219. The van der Waals surface area contributed by atoms with E-state index in [0.29, 0.717) is 24.4 Å². The predicted molar refractivity (Wildman–Crippen MR) is 96.6 cm³/mol.